The lowest BCUT2D eigenvalue weighted by molar-refractivity contribution is -0.00290. The lowest BCUT2D eigenvalue weighted by atomic mass is 10.1. The summed E-state index contributed by atoms with van der Waals surface area (Å²) in [7, 11) is 0. The van der Waals surface area contributed by atoms with Gasteiger partial charge in [-0.05, 0) is 31.2 Å². The second-order valence-electron chi connectivity index (χ2n) is 5.76. The van der Waals surface area contributed by atoms with Gasteiger partial charge in [0.2, 0.25) is 0 Å². The van der Waals surface area contributed by atoms with Gasteiger partial charge in [0.15, 0.2) is 0 Å². The van der Waals surface area contributed by atoms with Crippen molar-refractivity contribution in [2.75, 3.05) is 13.2 Å². The lowest BCUT2D eigenvalue weighted by Gasteiger charge is -2.32. The molecule has 0 unspecified atom stereocenters. The van der Waals surface area contributed by atoms with E-state index in [0.29, 0.717) is 42.2 Å². The van der Waals surface area contributed by atoms with Gasteiger partial charge >= 0.3 is 0 Å². The molecule has 0 aliphatic carbocycles. The first-order valence-electron chi connectivity index (χ1n) is 7.99. The number of nitrogens with one attached hydrogen (secondary N) is 1. The van der Waals surface area contributed by atoms with E-state index in [1.165, 1.54) is 12.5 Å². The van der Waals surface area contributed by atoms with Gasteiger partial charge in [-0.3, -0.25) is 4.79 Å². The minimum Gasteiger partial charge on any atom is -0.488 e. The number of rotatable bonds is 4. The molecule has 7 nitrogen and oxygen atoms in total. The fourth-order valence-electron chi connectivity index (χ4n) is 2.64. The maximum Gasteiger partial charge on any atom is 0.255 e. The number of aryl methyl sites for hydroxylation is 1. The number of nitrogens with zero attached hydrogens (tertiary/aromatic N) is 3. The molecule has 2 heterocycles. The van der Waals surface area contributed by atoms with Crippen LogP contribution in [0.3, 0.4) is 0 Å². The predicted molar refractivity (Wildman–Crippen MR) is 89.0 cm³/mol. The van der Waals surface area contributed by atoms with E-state index in [1.54, 1.807) is 31.2 Å². The fraction of sp³-hybridized carbons (Fsp3) is 0.333. The molecular weight excluding hydrogens is 320 g/mol. The third-order valence-corrected chi connectivity index (χ3v) is 4.04. The van der Waals surface area contributed by atoms with Gasteiger partial charge in [0.05, 0.1) is 42.1 Å². The molecule has 25 heavy (non-hydrogen) atoms. The summed E-state index contributed by atoms with van der Waals surface area (Å²) in [5, 5.41) is 11.8. The Balaban J connectivity index is 1.69. The van der Waals surface area contributed by atoms with E-state index >= 15 is 0 Å². The van der Waals surface area contributed by atoms with Crippen LogP contribution in [0, 0.1) is 18.3 Å². The highest BCUT2D eigenvalue weighted by Crippen LogP contribution is 2.19. The van der Waals surface area contributed by atoms with Crippen molar-refractivity contribution in [1.82, 2.24) is 15.3 Å². The Kier molecular flexibility index (Phi) is 5.21. The summed E-state index contributed by atoms with van der Waals surface area (Å²) < 4.78 is 11.5. The zero-order chi connectivity index (χ0) is 17.6. The van der Waals surface area contributed by atoms with Gasteiger partial charge < -0.3 is 14.8 Å². The Morgan fingerprint density at radius 2 is 2.20 bits per heavy atom. The third-order valence-electron chi connectivity index (χ3n) is 4.04. The highest BCUT2D eigenvalue weighted by Gasteiger charge is 2.29. The van der Waals surface area contributed by atoms with Crippen LogP contribution in [0.4, 0.5) is 0 Å². The monoisotopic (exact) mass is 338 g/mol. The standard InChI is InChI=1S/C18H18N4O3/c1-12-15(9-20-11-21-12)18(23)22-16-10-24-7-6-17(16)25-14-4-2-13(8-19)3-5-14/h2-5,9,11,16-17H,6-7,10H2,1H3,(H,22,23)/t16-,17-/m1/s1. The van der Waals surface area contributed by atoms with Crippen molar-refractivity contribution in [2.24, 2.45) is 0 Å². The van der Waals surface area contributed by atoms with E-state index in [-0.39, 0.29) is 18.1 Å². The van der Waals surface area contributed by atoms with E-state index in [4.69, 9.17) is 14.7 Å². The second-order valence-corrected chi connectivity index (χ2v) is 5.76. The van der Waals surface area contributed by atoms with Crippen molar-refractivity contribution < 1.29 is 14.3 Å². The molecule has 1 N–H and O–H groups in total. The van der Waals surface area contributed by atoms with Gasteiger partial charge in [-0.2, -0.15) is 5.26 Å². The van der Waals surface area contributed by atoms with Crippen LogP contribution in [-0.2, 0) is 4.74 Å². The molecule has 1 aliphatic rings. The molecule has 1 fully saturated rings. The van der Waals surface area contributed by atoms with Crippen LogP contribution in [0.15, 0.2) is 36.8 Å². The Hall–Kier alpha value is -2.98. The number of carbonyl (C=O) groups is 1. The summed E-state index contributed by atoms with van der Waals surface area (Å²) >= 11 is 0. The summed E-state index contributed by atoms with van der Waals surface area (Å²) in [6.07, 6.45) is 3.36. The highest BCUT2D eigenvalue weighted by molar-refractivity contribution is 5.95. The molecule has 2 atom stereocenters. The van der Waals surface area contributed by atoms with Crippen LogP contribution in [0.5, 0.6) is 5.75 Å². The molecule has 1 aromatic carbocycles. The average Bonchev–Trinajstić information content (AvgIpc) is 2.64. The van der Waals surface area contributed by atoms with Crippen LogP contribution in [-0.4, -0.2) is 41.2 Å². The molecule has 1 saturated heterocycles. The zero-order valence-corrected chi connectivity index (χ0v) is 13.8. The molecule has 0 spiro atoms. The number of benzene rings is 1. The average molecular weight is 338 g/mol. The predicted octanol–water partition coefficient (Wildman–Crippen LogP) is 1.62. The minimum atomic E-state index is -0.281. The highest BCUT2D eigenvalue weighted by atomic mass is 16.5. The van der Waals surface area contributed by atoms with Gasteiger partial charge in [-0.1, -0.05) is 0 Å². The van der Waals surface area contributed by atoms with Gasteiger partial charge in [0.25, 0.3) is 5.91 Å². The van der Waals surface area contributed by atoms with E-state index in [2.05, 4.69) is 21.4 Å². The van der Waals surface area contributed by atoms with E-state index in [9.17, 15) is 4.79 Å². The number of hydrogen-bond acceptors (Lipinski definition) is 6. The Bertz CT molecular complexity index is 786. The van der Waals surface area contributed by atoms with Crippen molar-refractivity contribution in [3.05, 3.63) is 53.6 Å². The maximum atomic E-state index is 12.5. The quantitative estimate of drug-likeness (QED) is 0.910. The first-order valence-corrected chi connectivity index (χ1v) is 7.99. The van der Waals surface area contributed by atoms with Crippen LogP contribution < -0.4 is 10.1 Å². The van der Waals surface area contributed by atoms with E-state index in [0.717, 1.165) is 0 Å². The van der Waals surface area contributed by atoms with Crippen LogP contribution in [0.1, 0.15) is 28.0 Å². The van der Waals surface area contributed by atoms with Crippen LogP contribution in [0.25, 0.3) is 0 Å². The molecule has 1 aromatic heterocycles. The summed E-state index contributed by atoms with van der Waals surface area (Å²) in [5.74, 6) is 0.409. The second kappa shape index (κ2) is 7.73. The molecule has 3 rings (SSSR count). The van der Waals surface area contributed by atoms with E-state index in [1.807, 2.05) is 0 Å². The summed E-state index contributed by atoms with van der Waals surface area (Å²) in [4.78, 5) is 20.4. The number of aromatic nitrogens is 2. The molecule has 0 saturated carbocycles. The Morgan fingerprint density at radius 1 is 1.40 bits per heavy atom. The van der Waals surface area contributed by atoms with Crippen molar-refractivity contribution in [3.8, 4) is 11.8 Å². The fourth-order valence-corrected chi connectivity index (χ4v) is 2.64. The molecule has 1 amide bonds. The molecular formula is C18H18N4O3. The minimum absolute atomic E-state index is 0.212. The normalized spacial score (nSPS) is 19.7. The molecule has 7 heteroatoms. The number of amides is 1. The Labute approximate surface area is 145 Å². The van der Waals surface area contributed by atoms with Gasteiger partial charge in [0.1, 0.15) is 18.2 Å². The van der Waals surface area contributed by atoms with Crippen molar-refractivity contribution >= 4 is 5.91 Å². The van der Waals surface area contributed by atoms with Crippen LogP contribution in [0.2, 0.25) is 0 Å². The third kappa shape index (κ3) is 4.11. The first-order chi connectivity index (χ1) is 12.2. The molecule has 128 valence electrons. The molecule has 0 radical (unpaired) electrons. The van der Waals surface area contributed by atoms with Crippen molar-refractivity contribution in [2.45, 2.75) is 25.5 Å². The van der Waals surface area contributed by atoms with Crippen molar-refractivity contribution in [1.29, 1.82) is 5.26 Å². The first kappa shape index (κ1) is 16.9. The summed E-state index contributed by atoms with van der Waals surface area (Å²) in [6.45, 7) is 2.71. The molecule has 2 aromatic rings. The van der Waals surface area contributed by atoms with Crippen molar-refractivity contribution in [3.63, 3.8) is 0 Å². The lowest BCUT2D eigenvalue weighted by Crippen LogP contribution is -2.52. The number of nitriles is 1. The molecule has 0 bridgehead atoms. The zero-order valence-electron chi connectivity index (χ0n) is 13.8. The SMILES string of the molecule is Cc1ncncc1C(=O)N[C@@H]1COCC[C@H]1Oc1ccc(C#N)cc1. The number of hydrogen-bond donors (Lipinski definition) is 1. The smallest absolute Gasteiger partial charge is 0.255 e. The summed E-state index contributed by atoms with van der Waals surface area (Å²) in [6, 6.07) is 8.70. The van der Waals surface area contributed by atoms with Gasteiger partial charge in [-0.25, -0.2) is 9.97 Å². The Morgan fingerprint density at radius 3 is 2.92 bits per heavy atom. The number of carbonyl (C=O) groups excluding carboxylic acids is 1. The van der Waals surface area contributed by atoms with E-state index < -0.39 is 0 Å². The largest absolute Gasteiger partial charge is 0.488 e. The topological polar surface area (TPSA) is 97.1 Å². The van der Waals surface area contributed by atoms with Gasteiger partial charge in [-0.15, -0.1) is 0 Å². The molecule has 1 aliphatic heterocycles. The maximum absolute atomic E-state index is 12.5. The van der Waals surface area contributed by atoms with Gasteiger partial charge in [0, 0.05) is 12.6 Å². The number of ether oxygens (including phenoxy) is 2. The summed E-state index contributed by atoms with van der Waals surface area (Å²) in [5.41, 5.74) is 1.63. The van der Waals surface area contributed by atoms with Crippen LogP contribution >= 0.6 is 0 Å².